The predicted molar refractivity (Wildman–Crippen MR) is 160 cm³/mol. The first kappa shape index (κ1) is 27.7. The molecule has 4 amide bonds. The van der Waals surface area contributed by atoms with Crippen LogP contribution in [0.25, 0.3) is 0 Å². The van der Waals surface area contributed by atoms with Gasteiger partial charge in [-0.1, -0.05) is 40.9 Å². The molecule has 6 atom stereocenters. The summed E-state index contributed by atoms with van der Waals surface area (Å²) in [5.74, 6) is -5.06. The molecular formula is C33H26Cl2N2O6. The number of rotatable bonds is 4. The van der Waals surface area contributed by atoms with Crippen molar-refractivity contribution in [3.05, 3.63) is 94.0 Å². The number of aromatic hydroxyl groups is 1. The summed E-state index contributed by atoms with van der Waals surface area (Å²) in [5.41, 5.74) is 2.11. The molecule has 3 fully saturated rings. The fourth-order valence-corrected chi connectivity index (χ4v) is 7.79. The number of imide groups is 2. The van der Waals surface area contributed by atoms with Gasteiger partial charge in [0.05, 0.1) is 42.2 Å². The third-order valence-corrected chi connectivity index (χ3v) is 9.89. The Balaban J connectivity index is 1.34. The molecule has 2 aliphatic carbocycles. The third kappa shape index (κ3) is 4.18. The van der Waals surface area contributed by atoms with Crippen molar-refractivity contribution in [2.24, 2.45) is 29.6 Å². The number of phenolic OH excluding ortho intramolecular Hbond substituents is 1. The summed E-state index contributed by atoms with van der Waals surface area (Å²) < 4.78 is 5.29. The first-order chi connectivity index (χ1) is 20.7. The average Bonchev–Trinajstić information content (AvgIpc) is 3.41. The van der Waals surface area contributed by atoms with Gasteiger partial charge >= 0.3 is 0 Å². The molecule has 0 spiro atoms. The van der Waals surface area contributed by atoms with Crippen molar-refractivity contribution in [2.75, 3.05) is 16.9 Å². The van der Waals surface area contributed by atoms with Crippen LogP contribution in [0.5, 0.6) is 11.5 Å². The molecule has 3 aromatic rings. The fraction of sp³-hybridized carbons (Fsp3) is 0.273. The maximum Gasteiger partial charge on any atom is 0.238 e. The lowest BCUT2D eigenvalue weighted by atomic mass is 9.57. The third-order valence-electron chi connectivity index (χ3n) is 9.39. The van der Waals surface area contributed by atoms with Crippen molar-refractivity contribution >= 4 is 58.2 Å². The zero-order chi connectivity index (χ0) is 30.2. The highest BCUT2D eigenvalue weighted by atomic mass is 35.5. The van der Waals surface area contributed by atoms with E-state index in [1.54, 1.807) is 60.7 Å². The number of hydrogen-bond donors (Lipinski definition) is 1. The molecule has 0 radical (unpaired) electrons. The number of phenols is 1. The molecule has 8 nitrogen and oxygen atoms in total. The largest absolute Gasteiger partial charge is 0.508 e. The monoisotopic (exact) mass is 616 g/mol. The molecule has 3 aromatic carbocycles. The van der Waals surface area contributed by atoms with Crippen LogP contribution in [0.4, 0.5) is 11.4 Å². The number of nitrogens with zero attached hydrogens (tertiary/aromatic N) is 2. The maximum absolute atomic E-state index is 14.1. The molecule has 6 unspecified atom stereocenters. The number of ether oxygens (including phenoxy) is 1. The molecule has 1 saturated carbocycles. The molecule has 1 N–H and O–H groups in total. The van der Waals surface area contributed by atoms with Crippen LogP contribution in [0, 0.1) is 29.6 Å². The maximum atomic E-state index is 14.1. The number of halogens is 2. The Morgan fingerprint density at radius 2 is 1.28 bits per heavy atom. The Labute approximate surface area is 257 Å². The van der Waals surface area contributed by atoms with E-state index >= 15 is 0 Å². The van der Waals surface area contributed by atoms with Crippen molar-refractivity contribution in [1.29, 1.82) is 0 Å². The summed E-state index contributed by atoms with van der Waals surface area (Å²) in [6, 6.07) is 17.9. The predicted octanol–water partition coefficient (Wildman–Crippen LogP) is 5.75. The molecule has 0 aromatic heterocycles. The molecule has 0 bridgehead atoms. The van der Waals surface area contributed by atoms with Gasteiger partial charge in [0.25, 0.3) is 0 Å². The van der Waals surface area contributed by atoms with Crippen molar-refractivity contribution in [2.45, 2.75) is 18.8 Å². The quantitative estimate of drug-likeness (QED) is 0.295. The molecule has 10 heteroatoms. The van der Waals surface area contributed by atoms with E-state index in [0.717, 1.165) is 5.57 Å². The highest BCUT2D eigenvalue weighted by Gasteiger charge is 2.62. The van der Waals surface area contributed by atoms with Gasteiger partial charge in [-0.05, 0) is 73.4 Å². The molecule has 43 heavy (non-hydrogen) atoms. The molecule has 2 aliphatic heterocycles. The molecular weight excluding hydrogens is 591 g/mol. The normalized spacial score (nSPS) is 28.0. The highest BCUT2D eigenvalue weighted by Crippen LogP contribution is 2.59. The summed E-state index contributed by atoms with van der Waals surface area (Å²) in [6.45, 7) is 0. The Morgan fingerprint density at radius 1 is 0.721 bits per heavy atom. The van der Waals surface area contributed by atoms with Crippen LogP contribution in [0.2, 0.25) is 10.0 Å². The van der Waals surface area contributed by atoms with Gasteiger partial charge in [-0.2, -0.15) is 0 Å². The lowest BCUT2D eigenvalue weighted by Gasteiger charge is -2.44. The Kier molecular flexibility index (Phi) is 6.59. The summed E-state index contributed by atoms with van der Waals surface area (Å²) in [6.07, 6.45) is 2.47. The molecule has 2 saturated heterocycles. The van der Waals surface area contributed by atoms with Gasteiger partial charge in [0.2, 0.25) is 23.6 Å². The second-order valence-corrected chi connectivity index (χ2v) is 12.3. The van der Waals surface area contributed by atoms with Crippen LogP contribution in [-0.4, -0.2) is 35.8 Å². The number of methoxy groups -OCH3 is 1. The number of carbonyl (C=O) groups excluding carboxylic acids is 4. The summed E-state index contributed by atoms with van der Waals surface area (Å²) in [7, 11) is 1.49. The van der Waals surface area contributed by atoms with E-state index in [0.29, 0.717) is 39.2 Å². The smallest absolute Gasteiger partial charge is 0.238 e. The first-order valence-electron chi connectivity index (χ1n) is 14.0. The van der Waals surface area contributed by atoms with E-state index < -0.39 is 35.5 Å². The van der Waals surface area contributed by atoms with Gasteiger partial charge in [0, 0.05) is 27.6 Å². The topological polar surface area (TPSA) is 104 Å². The zero-order valence-electron chi connectivity index (χ0n) is 22.9. The van der Waals surface area contributed by atoms with E-state index in [-0.39, 0.29) is 35.8 Å². The van der Waals surface area contributed by atoms with E-state index in [1.807, 2.05) is 6.08 Å². The minimum atomic E-state index is -0.805. The van der Waals surface area contributed by atoms with Crippen molar-refractivity contribution in [3.8, 4) is 11.5 Å². The summed E-state index contributed by atoms with van der Waals surface area (Å²) >= 11 is 12.1. The number of anilines is 2. The number of benzene rings is 3. The Hall–Kier alpha value is -4.14. The number of carbonyl (C=O) groups is 4. The summed E-state index contributed by atoms with van der Waals surface area (Å²) in [5, 5.41) is 12.1. The Morgan fingerprint density at radius 3 is 1.84 bits per heavy atom. The summed E-state index contributed by atoms with van der Waals surface area (Å²) in [4.78, 5) is 58.3. The van der Waals surface area contributed by atoms with Gasteiger partial charge in [-0.15, -0.1) is 0 Å². The number of amides is 4. The van der Waals surface area contributed by atoms with Gasteiger partial charge in [0.1, 0.15) is 11.5 Å². The molecule has 2 heterocycles. The van der Waals surface area contributed by atoms with Crippen molar-refractivity contribution < 1.29 is 29.0 Å². The molecule has 4 aliphatic rings. The van der Waals surface area contributed by atoms with Gasteiger partial charge in [-0.25, -0.2) is 0 Å². The van der Waals surface area contributed by atoms with Crippen LogP contribution in [0.3, 0.4) is 0 Å². The number of fused-ring (bicyclic) bond motifs is 4. The van der Waals surface area contributed by atoms with Gasteiger partial charge in [0.15, 0.2) is 0 Å². The SMILES string of the molecule is COc1ccc(C2C3=CCC4C(=O)N(c5ccc(Cl)cc5)C(=O)C4C3CC3C(=O)N(c4ccc(Cl)cc4)C(=O)C32)c(O)c1. The van der Waals surface area contributed by atoms with Crippen LogP contribution in [0.15, 0.2) is 78.4 Å². The fourth-order valence-electron chi connectivity index (χ4n) is 7.54. The molecule has 218 valence electrons. The average molecular weight is 617 g/mol. The van der Waals surface area contributed by atoms with Crippen LogP contribution >= 0.6 is 23.2 Å². The van der Waals surface area contributed by atoms with Crippen molar-refractivity contribution in [1.82, 2.24) is 0 Å². The standard InChI is InChI=1S/C33H26Cl2N2O6/c1-43-20-10-11-22(26(38)14-20)27-21-12-13-23-28(32(41)36(30(23)39)18-6-2-16(34)3-7-18)24(21)15-25-29(27)33(42)37(31(25)40)19-8-4-17(35)5-9-19/h2-12,14,23-25,27-29,38H,13,15H2,1H3. The second-order valence-electron chi connectivity index (χ2n) is 11.4. The van der Waals surface area contributed by atoms with Gasteiger partial charge < -0.3 is 9.84 Å². The van der Waals surface area contributed by atoms with E-state index in [2.05, 4.69) is 0 Å². The van der Waals surface area contributed by atoms with E-state index in [4.69, 9.17) is 27.9 Å². The number of hydrogen-bond acceptors (Lipinski definition) is 6. The zero-order valence-corrected chi connectivity index (χ0v) is 24.5. The lowest BCUT2D eigenvalue weighted by Crippen LogP contribution is -2.43. The Bertz CT molecular complexity index is 1720. The lowest BCUT2D eigenvalue weighted by molar-refractivity contribution is -0.126. The molecule has 7 rings (SSSR count). The second kappa shape index (κ2) is 10.2. The van der Waals surface area contributed by atoms with E-state index in [9.17, 15) is 24.3 Å². The first-order valence-corrected chi connectivity index (χ1v) is 14.8. The van der Waals surface area contributed by atoms with Crippen LogP contribution < -0.4 is 14.5 Å². The highest BCUT2D eigenvalue weighted by molar-refractivity contribution is 6.31. The minimum absolute atomic E-state index is 0.0754. The van der Waals surface area contributed by atoms with Crippen molar-refractivity contribution in [3.63, 3.8) is 0 Å². The number of allylic oxidation sites excluding steroid dienone is 2. The van der Waals surface area contributed by atoms with Crippen LogP contribution in [0.1, 0.15) is 24.3 Å². The minimum Gasteiger partial charge on any atom is -0.508 e. The van der Waals surface area contributed by atoms with Crippen LogP contribution in [-0.2, 0) is 19.2 Å². The van der Waals surface area contributed by atoms with Gasteiger partial charge in [-0.3, -0.25) is 29.0 Å². The van der Waals surface area contributed by atoms with E-state index in [1.165, 1.54) is 23.0 Å².